The molecule has 0 saturated carbocycles. The van der Waals surface area contributed by atoms with E-state index in [1.54, 1.807) is 0 Å². The molecule has 0 aliphatic carbocycles. The molecule has 0 saturated heterocycles. The minimum Gasteiger partial charge on any atom is -0.320 e. The topological polar surface area (TPSA) is 26.0 Å². The zero-order valence-corrected chi connectivity index (χ0v) is 15.0. The van der Waals surface area contributed by atoms with Gasteiger partial charge in [0.05, 0.1) is 6.04 Å². The quantitative estimate of drug-likeness (QED) is 0.723. The van der Waals surface area contributed by atoms with Gasteiger partial charge in [0.2, 0.25) is 0 Å². The number of hydrogen-bond donors (Lipinski definition) is 1. The molecular weight excluding hydrogens is 346 g/mol. The van der Waals surface area contributed by atoms with Crippen LogP contribution in [0.25, 0.3) is 0 Å². The van der Waals surface area contributed by atoms with E-state index in [0.717, 1.165) is 22.0 Å². The lowest BCUT2D eigenvalue weighted by Gasteiger charge is -2.24. The van der Waals surface area contributed by atoms with Crippen LogP contribution in [0.1, 0.15) is 49.9 Å². The number of benzene rings is 2. The molecule has 1 nitrogen and oxygen atoms in total. The third-order valence-corrected chi connectivity index (χ3v) is 5.07. The van der Waals surface area contributed by atoms with Crippen molar-refractivity contribution in [2.24, 2.45) is 5.73 Å². The van der Waals surface area contributed by atoms with Crippen molar-refractivity contribution in [2.75, 3.05) is 0 Å². The van der Waals surface area contributed by atoms with Gasteiger partial charge in [-0.25, -0.2) is 0 Å². The van der Waals surface area contributed by atoms with Crippen LogP contribution >= 0.6 is 27.5 Å². The first-order valence-electron chi connectivity index (χ1n) is 7.16. The van der Waals surface area contributed by atoms with E-state index in [2.05, 4.69) is 61.0 Å². The van der Waals surface area contributed by atoms with E-state index >= 15 is 0 Å². The first-order valence-corrected chi connectivity index (χ1v) is 8.33. The number of rotatable bonds is 4. The van der Waals surface area contributed by atoms with Crippen LogP contribution < -0.4 is 5.73 Å². The lowest BCUT2D eigenvalue weighted by molar-refractivity contribution is 0.506. The van der Waals surface area contributed by atoms with Gasteiger partial charge in [-0.2, -0.15) is 0 Å². The van der Waals surface area contributed by atoms with Crippen molar-refractivity contribution in [2.45, 2.75) is 38.6 Å². The lowest BCUT2D eigenvalue weighted by Crippen LogP contribution is -2.16. The summed E-state index contributed by atoms with van der Waals surface area (Å²) in [4.78, 5) is 0. The molecule has 1 unspecified atom stereocenters. The second-order valence-corrected chi connectivity index (χ2v) is 7.33. The fraction of sp³-hybridized carbons (Fsp3) is 0.333. The van der Waals surface area contributed by atoms with Crippen molar-refractivity contribution in [1.82, 2.24) is 0 Å². The van der Waals surface area contributed by atoms with E-state index in [4.69, 9.17) is 17.3 Å². The highest BCUT2D eigenvalue weighted by molar-refractivity contribution is 9.10. The molecule has 2 N–H and O–H groups in total. The second-order valence-electron chi connectivity index (χ2n) is 6.00. The maximum absolute atomic E-state index is 6.37. The van der Waals surface area contributed by atoms with Crippen LogP contribution in [0, 0.1) is 0 Å². The van der Waals surface area contributed by atoms with E-state index in [9.17, 15) is 0 Å². The monoisotopic (exact) mass is 365 g/mol. The second kappa shape index (κ2) is 6.51. The SMILES string of the molecule is CCC(C)(C)c1ccc(C(N)c2cc(Br)ccc2Cl)cc1. The Hall–Kier alpha value is -0.830. The van der Waals surface area contributed by atoms with Crippen molar-refractivity contribution in [3.8, 4) is 0 Å². The third kappa shape index (κ3) is 3.68. The summed E-state index contributed by atoms with van der Waals surface area (Å²) in [7, 11) is 0. The minimum absolute atomic E-state index is 0.191. The molecule has 1 atom stereocenters. The van der Waals surface area contributed by atoms with Crippen molar-refractivity contribution in [3.63, 3.8) is 0 Å². The van der Waals surface area contributed by atoms with Crippen LogP contribution in [-0.4, -0.2) is 0 Å². The number of halogens is 2. The van der Waals surface area contributed by atoms with Gasteiger partial charge in [-0.1, -0.05) is 72.6 Å². The summed E-state index contributed by atoms with van der Waals surface area (Å²) in [5.41, 5.74) is 9.91. The normalized spacial score (nSPS) is 13.2. The first kappa shape index (κ1) is 16.5. The van der Waals surface area contributed by atoms with Gasteiger partial charge in [-0.05, 0) is 46.7 Å². The molecule has 0 aromatic heterocycles. The van der Waals surface area contributed by atoms with Gasteiger partial charge in [-0.15, -0.1) is 0 Å². The highest BCUT2D eigenvalue weighted by Crippen LogP contribution is 2.31. The van der Waals surface area contributed by atoms with E-state index in [-0.39, 0.29) is 11.5 Å². The van der Waals surface area contributed by atoms with Crippen LogP contribution in [-0.2, 0) is 5.41 Å². The summed E-state index contributed by atoms with van der Waals surface area (Å²) >= 11 is 9.74. The van der Waals surface area contributed by atoms with E-state index in [1.807, 2.05) is 18.2 Å². The molecule has 0 fully saturated rings. The summed E-state index contributed by atoms with van der Waals surface area (Å²) in [6.07, 6.45) is 1.11. The smallest absolute Gasteiger partial charge is 0.0566 e. The van der Waals surface area contributed by atoms with E-state index in [1.165, 1.54) is 5.56 Å². The Morgan fingerprint density at radius 2 is 1.76 bits per heavy atom. The van der Waals surface area contributed by atoms with Crippen LogP contribution in [0.2, 0.25) is 5.02 Å². The molecule has 21 heavy (non-hydrogen) atoms. The van der Waals surface area contributed by atoms with Crippen LogP contribution in [0.4, 0.5) is 0 Å². The van der Waals surface area contributed by atoms with Crippen LogP contribution in [0.15, 0.2) is 46.9 Å². The largest absolute Gasteiger partial charge is 0.320 e. The van der Waals surface area contributed by atoms with Gasteiger partial charge in [0.15, 0.2) is 0 Å². The Bertz CT molecular complexity index is 620. The molecule has 0 heterocycles. The molecule has 112 valence electrons. The van der Waals surface area contributed by atoms with Gasteiger partial charge in [-0.3, -0.25) is 0 Å². The molecule has 3 heteroatoms. The van der Waals surface area contributed by atoms with Crippen molar-refractivity contribution in [1.29, 1.82) is 0 Å². The summed E-state index contributed by atoms with van der Waals surface area (Å²) in [6, 6.07) is 14.1. The summed E-state index contributed by atoms with van der Waals surface area (Å²) in [5.74, 6) is 0. The Morgan fingerprint density at radius 1 is 1.14 bits per heavy atom. The minimum atomic E-state index is -0.214. The molecule has 0 aliphatic rings. The van der Waals surface area contributed by atoms with Gasteiger partial charge in [0.25, 0.3) is 0 Å². The van der Waals surface area contributed by atoms with Gasteiger partial charge in [0, 0.05) is 9.50 Å². The molecule has 2 aromatic carbocycles. The first-order chi connectivity index (χ1) is 9.85. The fourth-order valence-electron chi connectivity index (χ4n) is 2.28. The van der Waals surface area contributed by atoms with Crippen molar-refractivity contribution < 1.29 is 0 Å². The average Bonchev–Trinajstić information content (AvgIpc) is 2.49. The van der Waals surface area contributed by atoms with E-state index in [0.29, 0.717) is 5.02 Å². The molecule has 2 rings (SSSR count). The zero-order valence-electron chi connectivity index (χ0n) is 12.7. The molecule has 0 spiro atoms. The Balaban J connectivity index is 2.32. The maximum Gasteiger partial charge on any atom is 0.0566 e. The summed E-state index contributed by atoms with van der Waals surface area (Å²) in [5, 5.41) is 0.698. The molecule has 0 radical (unpaired) electrons. The molecule has 0 bridgehead atoms. The highest BCUT2D eigenvalue weighted by Gasteiger charge is 2.19. The Labute approximate surface area is 140 Å². The average molecular weight is 367 g/mol. The Kier molecular flexibility index (Phi) is 5.13. The van der Waals surface area contributed by atoms with Gasteiger partial charge >= 0.3 is 0 Å². The summed E-state index contributed by atoms with van der Waals surface area (Å²) in [6.45, 7) is 6.72. The third-order valence-electron chi connectivity index (χ3n) is 4.23. The lowest BCUT2D eigenvalue weighted by atomic mass is 9.81. The predicted octanol–water partition coefficient (Wildman–Crippen LogP) is 5.84. The standard InChI is InChI=1S/C18H21BrClN/c1-4-18(2,3)13-7-5-12(6-8-13)17(21)15-11-14(19)9-10-16(15)20/h5-11,17H,4,21H2,1-3H3. The number of hydrogen-bond acceptors (Lipinski definition) is 1. The van der Waals surface area contributed by atoms with E-state index < -0.39 is 0 Å². The Morgan fingerprint density at radius 3 is 2.33 bits per heavy atom. The van der Waals surface area contributed by atoms with Crippen molar-refractivity contribution >= 4 is 27.5 Å². The predicted molar refractivity (Wildman–Crippen MR) is 94.9 cm³/mol. The number of nitrogens with two attached hydrogens (primary N) is 1. The molecule has 0 aliphatic heterocycles. The van der Waals surface area contributed by atoms with Gasteiger partial charge < -0.3 is 5.73 Å². The summed E-state index contributed by atoms with van der Waals surface area (Å²) < 4.78 is 0.987. The van der Waals surface area contributed by atoms with Crippen LogP contribution in [0.3, 0.4) is 0 Å². The van der Waals surface area contributed by atoms with Gasteiger partial charge in [0.1, 0.15) is 0 Å². The molecular formula is C18H21BrClN. The molecule has 0 amide bonds. The van der Waals surface area contributed by atoms with Crippen molar-refractivity contribution in [3.05, 3.63) is 68.7 Å². The zero-order chi connectivity index (χ0) is 15.6. The maximum atomic E-state index is 6.37. The highest BCUT2D eigenvalue weighted by atomic mass is 79.9. The molecule has 2 aromatic rings. The fourth-order valence-corrected chi connectivity index (χ4v) is 2.89. The van der Waals surface area contributed by atoms with Crippen LogP contribution in [0.5, 0.6) is 0 Å².